The molecule has 1 aromatic carbocycles. The minimum Gasteiger partial charge on any atom is -0.477 e. The maximum atomic E-state index is 11.1. The molecule has 100 valence electrons. The Morgan fingerprint density at radius 1 is 1.50 bits per heavy atom. The van der Waals surface area contributed by atoms with Crippen molar-refractivity contribution < 1.29 is 14.8 Å². The first kappa shape index (κ1) is 13.7. The van der Waals surface area contributed by atoms with Gasteiger partial charge in [0, 0.05) is 18.2 Å². The summed E-state index contributed by atoms with van der Waals surface area (Å²) in [5.74, 6) is -1.23. The fourth-order valence-electron chi connectivity index (χ4n) is 1.60. The molecule has 0 saturated heterocycles. The Kier molecular flexibility index (Phi) is 3.49. The van der Waals surface area contributed by atoms with Gasteiger partial charge in [-0.1, -0.05) is 0 Å². The van der Waals surface area contributed by atoms with Crippen LogP contribution in [0.4, 0.5) is 5.69 Å². The van der Waals surface area contributed by atoms with Crippen molar-refractivity contribution in [2.75, 3.05) is 0 Å². The average Bonchev–Trinajstić information content (AvgIpc) is 2.80. The van der Waals surface area contributed by atoms with E-state index in [1.54, 1.807) is 6.07 Å². The molecular weight excluding hydrogens is 332 g/mol. The summed E-state index contributed by atoms with van der Waals surface area (Å²) in [6, 6.07) is 6.58. The van der Waals surface area contributed by atoms with Crippen LogP contribution in [0.3, 0.4) is 0 Å². The van der Waals surface area contributed by atoms with E-state index < -0.39 is 10.9 Å². The zero-order chi connectivity index (χ0) is 14.9. The van der Waals surface area contributed by atoms with Crippen molar-refractivity contribution in [1.29, 1.82) is 5.26 Å². The van der Waals surface area contributed by atoms with Crippen LogP contribution in [-0.2, 0) is 0 Å². The van der Waals surface area contributed by atoms with E-state index in [0.29, 0.717) is 0 Å². The minimum absolute atomic E-state index is 0.0442. The van der Waals surface area contributed by atoms with Gasteiger partial charge in [0.25, 0.3) is 5.69 Å². The Morgan fingerprint density at radius 2 is 2.20 bits per heavy atom. The molecular formula is C11H5BrN4O4. The number of nitro benzene ring substituents is 1. The second-order valence-corrected chi connectivity index (χ2v) is 4.45. The van der Waals surface area contributed by atoms with Gasteiger partial charge in [0.1, 0.15) is 10.7 Å². The monoisotopic (exact) mass is 336 g/mol. The van der Waals surface area contributed by atoms with Gasteiger partial charge in [-0.25, -0.2) is 9.48 Å². The summed E-state index contributed by atoms with van der Waals surface area (Å²) in [7, 11) is 0. The fourth-order valence-corrected chi connectivity index (χ4v) is 1.98. The molecule has 20 heavy (non-hydrogen) atoms. The molecule has 0 aliphatic heterocycles. The van der Waals surface area contributed by atoms with Crippen LogP contribution in [0.5, 0.6) is 0 Å². The van der Waals surface area contributed by atoms with Crippen LogP contribution in [0.15, 0.2) is 28.9 Å². The molecule has 9 heteroatoms. The molecule has 0 fully saturated rings. The molecule has 0 spiro atoms. The maximum Gasteiger partial charge on any atom is 0.354 e. The van der Waals surface area contributed by atoms with Gasteiger partial charge in [-0.05, 0) is 22.0 Å². The summed E-state index contributed by atoms with van der Waals surface area (Å²) in [5.41, 5.74) is -0.311. The van der Waals surface area contributed by atoms with Gasteiger partial charge in [0.2, 0.25) is 0 Å². The highest BCUT2D eigenvalue weighted by Crippen LogP contribution is 2.23. The van der Waals surface area contributed by atoms with Crippen LogP contribution in [0, 0.1) is 21.4 Å². The lowest BCUT2D eigenvalue weighted by atomic mass is 10.1. The van der Waals surface area contributed by atoms with E-state index in [2.05, 4.69) is 21.0 Å². The molecule has 0 aliphatic carbocycles. The number of nitriles is 1. The van der Waals surface area contributed by atoms with Crippen molar-refractivity contribution in [2.24, 2.45) is 0 Å². The number of carbonyl (C=O) groups is 1. The molecule has 0 bridgehead atoms. The first-order valence-corrected chi connectivity index (χ1v) is 5.91. The van der Waals surface area contributed by atoms with E-state index in [9.17, 15) is 14.9 Å². The third-order valence-corrected chi connectivity index (χ3v) is 2.83. The third kappa shape index (κ3) is 2.36. The highest BCUT2D eigenvalue weighted by atomic mass is 79.9. The van der Waals surface area contributed by atoms with E-state index in [0.717, 1.165) is 10.7 Å². The van der Waals surface area contributed by atoms with Crippen LogP contribution < -0.4 is 0 Å². The summed E-state index contributed by atoms with van der Waals surface area (Å²) >= 11 is 3.05. The maximum absolute atomic E-state index is 11.1. The number of halogens is 1. The average molecular weight is 337 g/mol. The number of benzene rings is 1. The van der Waals surface area contributed by atoms with Gasteiger partial charge in [0.05, 0.1) is 16.2 Å². The number of carboxylic acids is 1. The standard InChI is InChI=1S/C11H5BrN4O4/c12-10-4-9(11(17)18)15(14-10)8-2-1-7(16(19)20)3-6(8)5-13/h1-4H,(H,17,18). The SMILES string of the molecule is N#Cc1cc([N+](=O)[O-])ccc1-n1nc(Br)cc1C(=O)O. The Morgan fingerprint density at radius 3 is 2.75 bits per heavy atom. The van der Waals surface area contributed by atoms with E-state index in [4.69, 9.17) is 10.4 Å². The van der Waals surface area contributed by atoms with E-state index in [-0.39, 0.29) is 27.2 Å². The summed E-state index contributed by atoms with van der Waals surface area (Å²) in [6.07, 6.45) is 0. The molecule has 0 atom stereocenters. The molecule has 2 aromatic rings. The van der Waals surface area contributed by atoms with Gasteiger partial charge in [-0.2, -0.15) is 10.4 Å². The molecule has 0 saturated carbocycles. The molecule has 0 aliphatic rings. The highest BCUT2D eigenvalue weighted by molar-refractivity contribution is 9.10. The van der Waals surface area contributed by atoms with Gasteiger partial charge in [-0.15, -0.1) is 0 Å². The molecule has 1 N–H and O–H groups in total. The van der Waals surface area contributed by atoms with E-state index in [1.807, 2.05) is 0 Å². The first-order valence-electron chi connectivity index (χ1n) is 5.12. The fraction of sp³-hybridized carbons (Fsp3) is 0. The zero-order valence-corrected chi connectivity index (χ0v) is 11.2. The predicted octanol–water partition coefficient (Wildman–Crippen LogP) is 2.11. The van der Waals surface area contributed by atoms with Gasteiger partial charge in [-0.3, -0.25) is 10.1 Å². The Labute approximate surface area is 120 Å². The number of nitro groups is 1. The van der Waals surface area contributed by atoms with E-state index in [1.165, 1.54) is 18.2 Å². The van der Waals surface area contributed by atoms with Crippen molar-refractivity contribution in [2.45, 2.75) is 0 Å². The Bertz CT molecular complexity index is 762. The number of rotatable bonds is 3. The number of aromatic carboxylic acids is 1. The second kappa shape index (κ2) is 5.10. The number of hydrogen-bond donors (Lipinski definition) is 1. The number of hydrogen-bond acceptors (Lipinski definition) is 5. The zero-order valence-electron chi connectivity index (χ0n) is 9.65. The lowest BCUT2D eigenvalue weighted by Crippen LogP contribution is -2.09. The largest absolute Gasteiger partial charge is 0.477 e. The molecule has 0 radical (unpaired) electrons. The second-order valence-electron chi connectivity index (χ2n) is 3.64. The molecule has 0 unspecified atom stereocenters. The van der Waals surface area contributed by atoms with Gasteiger partial charge < -0.3 is 5.11 Å². The molecule has 8 nitrogen and oxygen atoms in total. The minimum atomic E-state index is -1.23. The molecule has 0 amide bonds. The number of non-ortho nitro benzene ring substituents is 1. The van der Waals surface area contributed by atoms with Crippen LogP contribution in [0.25, 0.3) is 5.69 Å². The lowest BCUT2D eigenvalue weighted by Gasteiger charge is -2.06. The topological polar surface area (TPSA) is 122 Å². The van der Waals surface area contributed by atoms with E-state index >= 15 is 0 Å². The van der Waals surface area contributed by atoms with Gasteiger partial charge in [0.15, 0.2) is 5.69 Å². The van der Waals surface area contributed by atoms with Crippen molar-refractivity contribution in [3.8, 4) is 11.8 Å². The number of aromatic nitrogens is 2. The predicted molar refractivity (Wildman–Crippen MR) is 69.6 cm³/mol. The normalized spacial score (nSPS) is 10.0. The smallest absolute Gasteiger partial charge is 0.354 e. The lowest BCUT2D eigenvalue weighted by molar-refractivity contribution is -0.384. The quantitative estimate of drug-likeness (QED) is 0.676. The summed E-state index contributed by atoms with van der Waals surface area (Å²) < 4.78 is 1.31. The van der Waals surface area contributed by atoms with Crippen LogP contribution in [-0.4, -0.2) is 25.8 Å². The molecule has 2 rings (SSSR count). The highest BCUT2D eigenvalue weighted by Gasteiger charge is 2.19. The third-order valence-electron chi connectivity index (χ3n) is 2.44. The molecule has 1 heterocycles. The first-order chi connectivity index (χ1) is 9.43. The summed E-state index contributed by atoms with van der Waals surface area (Å²) in [5, 5.41) is 32.7. The van der Waals surface area contributed by atoms with Crippen molar-refractivity contribution in [3.63, 3.8) is 0 Å². The van der Waals surface area contributed by atoms with Crippen LogP contribution in [0.2, 0.25) is 0 Å². The van der Waals surface area contributed by atoms with Crippen molar-refractivity contribution >= 4 is 27.6 Å². The number of nitrogens with zero attached hydrogens (tertiary/aromatic N) is 4. The van der Waals surface area contributed by atoms with Crippen LogP contribution in [0.1, 0.15) is 16.1 Å². The van der Waals surface area contributed by atoms with Crippen molar-refractivity contribution in [1.82, 2.24) is 9.78 Å². The summed E-state index contributed by atoms with van der Waals surface area (Å²) in [4.78, 5) is 21.1. The van der Waals surface area contributed by atoms with Crippen LogP contribution >= 0.6 is 15.9 Å². The van der Waals surface area contributed by atoms with Crippen molar-refractivity contribution in [3.05, 3.63) is 50.2 Å². The Balaban J connectivity index is 2.68. The number of carboxylic acid groups (broad SMARTS) is 1. The molecule has 1 aromatic heterocycles. The van der Waals surface area contributed by atoms with Gasteiger partial charge >= 0.3 is 5.97 Å². The Hall–Kier alpha value is -2.73. The summed E-state index contributed by atoms with van der Waals surface area (Å²) in [6.45, 7) is 0.